The molecule has 1 unspecified atom stereocenters. The predicted molar refractivity (Wildman–Crippen MR) is 73.5 cm³/mol. The summed E-state index contributed by atoms with van der Waals surface area (Å²) in [5.41, 5.74) is 0. The van der Waals surface area contributed by atoms with E-state index in [2.05, 4.69) is 0 Å². The number of likely N-dealkylation sites (N-methyl/N-ethyl adjacent to an activating group) is 1. The first kappa shape index (κ1) is 16.0. The molecule has 1 fully saturated rings. The van der Waals surface area contributed by atoms with E-state index in [0.29, 0.717) is 19.6 Å². The molecule has 0 aromatic heterocycles. The van der Waals surface area contributed by atoms with Crippen LogP contribution in [0.2, 0.25) is 0 Å². The summed E-state index contributed by atoms with van der Waals surface area (Å²) in [7, 11) is 1.72. The minimum absolute atomic E-state index is 0.0139. The van der Waals surface area contributed by atoms with E-state index in [1.807, 2.05) is 18.7 Å². The number of likely N-dealkylation sites (tertiary alicyclic amines) is 1. The van der Waals surface area contributed by atoms with Crippen LogP contribution in [0.3, 0.4) is 0 Å². The highest BCUT2D eigenvalue weighted by Gasteiger charge is 2.29. The van der Waals surface area contributed by atoms with Crippen molar-refractivity contribution < 1.29 is 14.7 Å². The average Bonchev–Trinajstić information content (AvgIpc) is 2.36. The molecule has 1 saturated heterocycles. The fraction of sp³-hybridized carbons (Fsp3) is 0.857. The lowest BCUT2D eigenvalue weighted by Crippen LogP contribution is -2.45. The highest BCUT2D eigenvalue weighted by Crippen LogP contribution is 2.20. The van der Waals surface area contributed by atoms with E-state index in [-0.39, 0.29) is 23.7 Å². The van der Waals surface area contributed by atoms with Crippen LogP contribution in [0.25, 0.3) is 0 Å². The zero-order valence-corrected chi connectivity index (χ0v) is 12.4. The monoisotopic (exact) mass is 270 g/mol. The molecule has 110 valence electrons. The van der Waals surface area contributed by atoms with Gasteiger partial charge in [-0.2, -0.15) is 0 Å². The van der Waals surface area contributed by atoms with Crippen LogP contribution in [0.15, 0.2) is 0 Å². The highest BCUT2D eigenvalue weighted by atomic mass is 16.3. The lowest BCUT2D eigenvalue weighted by molar-refractivity contribution is -0.141. The summed E-state index contributed by atoms with van der Waals surface area (Å²) in [6, 6.07) is 0. The van der Waals surface area contributed by atoms with E-state index >= 15 is 0 Å². The van der Waals surface area contributed by atoms with Crippen molar-refractivity contribution in [1.82, 2.24) is 9.80 Å². The van der Waals surface area contributed by atoms with Gasteiger partial charge in [0.25, 0.3) is 0 Å². The number of piperidine rings is 1. The Morgan fingerprint density at radius 1 is 1.26 bits per heavy atom. The maximum absolute atomic E-state index is 12.2. The second kappa shape index (κ2) is 6.89. The molecule has 5 heteroatoms. The summed E-state index contributed by atoms with van der Waals surface area (Å²) >= 11 is 0. The van der Waals surface area contributed by atoms with Crippen molar-refractivity contribution >= 4 is 11.8 Å². The maximum Gasteiger partial charge on any atom is 0.225 e. The predicted octanol–water partition coefficient (Wildman–Crippen LogP) is 0.720. The number of hydrogen-bond acceptors (Lipinski definition) is 3. The highest BCUT2D eigenvalue weighted by molar-refractivity contribution is 5.80. The molecule has 1 heterocycles. The Bertz CT molecular complexity index is 321. The van der Waals surface area contributed by atoms with Gasteiger partial charge in [-0.15, -0.1) is 0 Å². The van der Waals surface area contributed by atoms with Crippen molar-refractivity contribution in [1.29, 1.82) is 0 Å². The van der Waals surface area contributed by atoms with Crippen LogP contribution in [-0.4, -0.2) is 59.5 Å². The summed E-state index contributed by atoms with van der Waals surface area (Å²) in [6.07, 6.45) is 0.944. The van der Waals surface area contributed by atoms with Crippen LogP contribution in [-0.2, 0) is 9.59 Å². The van der Waals surface area contributed by atoms with Gasteiger partial charge in [0.15, 0.2) is 0 Å². The normalized spacial score (nSPS) is 18.5. The Balaban J connectivity index is 2.45. The summed E-state index contributed by atoms with van der Waals surface area (Å²) in [4.78, 5) is 27.4. The van der Waals surface area contributed by atoms with E-state index in [9.17, 15) is 14.7 Å². The van der Waals surface area contributed by atoms with Gasteiger partial charge < -0.3 is 14.9 Å². The molecule has 1 aliphatic heterocycles. The van der Waals surface area contributed by atoms with Crippen LogP contribution >= 0.6 is 0 Å². The van der Waals surface area contributed by atoms with E-state index < -0.39 is 6.10 Å². The SMILES string of the molecule is CC(O)CN(C)C(=O)C1CCN(C(=O)C(C)C)CC1. The van der Waals surface area contributed by atoms with Gasteiger partial charge in [0.1, 0.15) is 0 Å². The second-order valence-corrected chi connectivity index (χ2v) is 5.82. The van der Waals surface area contributed by atoms with Gasteiger partial charge in [-0.3, -0.25) is 9.59 Å². The molecule has 1 aliphatic rings. The van der Waals surface area contributed by atoms with E-state index in [0.717, 1.165) is 12.8 Å². The van der Waals surface area contributed by atoms with Crippen molar-refractivity contribution in [2.24, 2.45) is 11.8 Å². The van der Waals surface area contributed by atoms with Crippen LogP contribution in [0.5, 0.6) is 0 Å². The zero-order chi connectivity index (χ0) is 14.6. The molecule has 0 aliphatic carbocycles. The zero-order valence-electron chi connectivity index (χ0n) is 12.4. The van der Waals surface area contributed by atoms with Crippen LogP contribution in [0.1, 0.15) is 33.6 Å². The standard InChI is InChI=1S/C14H26N2O3/c1-10(2)13(18)16-7-5-12(6-8-16)14(19)15(4)9-11(3)17/h10-12,17H,5-9H2,1-4H3. The molecule has 1 rings (SSSR count). The Morgan fingerprint density at radius 2 is 1.79 bits per heavy atom. The first-order chi connectivity index (χ1) is 8.82. The van der Waals surface area contributed by atoms with Crippen LogP contribution < -0.4 is 0 Å². The van der Waals surface area contributed by atoms with Crippen LogP contribution in [0, 0.1) is 11.8 Å². The summed E-state index contributed by atoms with van der Waals surface area (Å²) in [5.74, 6) is 0.255. The molecule has 0 aromatic carbocycles. The number of carbonyl (C=O) groups excluding carboxylic acids is 2. The molecular formula is C14H26N2O3. The lowest BCUT2D eigenvalue weighted by atomic mass is 9.94. The molecule has 0 aromatic rings. The molecular weight excluding hydrogens is 244 g/mol. The van der Waals surface area contributed by atoms with Gasteiger partial charge >= 0.3 is 0 Å². The van der Waals surface area contributed by atoms with Crippen molar-refractivity contribution in [3.05, 3.63) is 0 Å². The molecule has 1 N–H and O–H groups in total. The van der Waals surface area contributed by atoms with Gasteiger partial charge in [0, 0.05) is 38.5 Å². The molecule has 1 atom stereocenters. The van der Waals surface area contributed by atoms with Crippen molar-refractivity contribution in [3.8, 4) is 0 Å². The molecule has 5 nitrogen and oxygen atoms in total. The largest absolute Gasteiger partial charge is 0.392 e. The summed E-state index contributed by atoms with van der Waals surface area (Å²) in [6.45, 7) is 7.16. The third kappa shape index (κ3) is 4.49. The first-order valence-corrected chi connectivity index (χ1v) is 7.04. The number of carbonyl (C=O) groups is 2. The van der Waals surface area contributed by atoms with Crippen molar-refractivity contribution in [2.75, 3.05) is 26.7 Å². The third-order valence-electron chi connectivity index (χ3n) is 3.56. The molecule has 0 spiro atoms. The maximum atomic E-state index is 12.2. The molecule has 2 amide bonds. The van der Waals surface area contributed by atoms with Crippen molar-refractivity contribution in [2.45, 2.75) is 39.7 Å². The van der Waals surface area contributed by atoms with E-state index in [1.165, 1.54) is 0 Å². The molecule has 0 radical (unpaired) electrons. The van der Waals surface area contributed by atoms with E-state index in [1.54, 1.807) is 18.9 Å². The van der Waals surface area contributed by atoms with Crippen molar-refractivity contribution in [3.63, 3.8) is 0 Å². The summed E-state index contributed by atoms with van der Waals surface area (Å²) < 4.78 is 0. The van der Waals surface area contributed by atoms with Gasteiger partial charge in [0.05, 0.1) is 6.10 Å². The van der Waals surface area contributed by atoms with Crippen LogP contribution in [0.4, 0.5) is 0 Å². The number of rotatable bonds is 4. The van der Waals surface area contributed by atoms with Gasteiger partial charge in [-0.05, 0) is 19.8 Å². The smallest absolute Gasteiger partial charge is 0.225 e. The topological polar surface area (TPSA) is 60.9 Å². The fourth-order valence-electron chi connectivity index (χ4n) is 2.51. The lowest BCUT2D eigenvalue weighted by Gasteiger charge is -2.34. The number of amides is 2. The molecule has 19 heavy (non-hydrogen) atoms. The first-order valence-electron chi connectivity index (χ1n) is 7.04. The Hall–Kier alpha value is -1.10. The quantitative estimate of drug-likeness (QED) is 0.819. The number of hydrogen-bond donors (Lipinski definition) is 1. The second-order valence-electron chi connectivity index (χ2n) is 5.82. The van der Waals surface area contributed by atoms with Gasteiger partial charge in [-0.25, -0.2) is 0 Å². The molecule has 0 bridgehead atoms. The van der Waals surface area contributed by atoms with Gasteiger partial charge in [-0.1, -0.05) is 13.8 Å². The Labute approximate surface area is 115 Å². The number of nitrogens with zero attached hydrogens (tertiary/aromatic N) is 2. The summed E-state index contributed by atoms with van der Waals surface area (Å²) in [5, 5.41) is 9.30. The Kier molecular flexibility index (Phi) is 5.79. The van der Waals surface area contributed by atoms with Gasteiger partial charge in [0.2, 0.25) is 11.8 Å². The average molecular weight is 270 g/mol. The van der Waals surface area contributed by atoms with E-state index in [4.69, 9.17) is 0 Å². The third-order valence-corrected chi connectivity index (χ3v) is 3.56. The minimum Gasteiger partial charge on any atom is -0.392 e. The molecule has 0 saturated carbocycles. The number of aliphatic hydroxyl groups excluding tert-OH is 1. The Morgan fingerprint density at radius 3 is 2.21 bits per heavy atom. The number of aliphatic hydroxyl groups is 1. The minimum atomic E-state index is -0.503. The fourth-order valence-corrected chi connectivity index (χ4v) is 2.51.